The maximum absolute atomic E-state index is 12.6. The molecule has 37 heavy (non-hydrogen) atoms. The first-order valence-electron chi connectivity index (χ1n) is 12.4. The summed E-state index contributed by atoms with van der Waals surface area (Å²) in [5.41, 5.74) is 11.1. The van der Waals surface area contributed by atoms with Gasteiger partial charge in [-0.3, -0.25) is 14.8 Å². The van der Waals surface area contributed by atoms with Crippen LogP contribution in [0.15, 0.2) is 55.1 Å². The Hall–Kier alpha value is -4.11. The van der Waals surface area contributed by atoms with Crippen LogP contribution in [0.1, 0.15) is 36.7 Å². The molecule has 0 saturated carbocycles. The number of amides is 1. The number of fused-ring (bicyclic) bond motifs is 1. The smallest absolute Gasteiger partial charge is 0.231 e. The van der Waals surface area contributed by atoms with Crippen LogP contribution in [0.25, 0.3) is 22.2 Å². The van der Waals surface area contributed by atoms with E-state index in [1.165, 1.54) is 0 Å². The molecule has 0 aliphatic carbocycles. The van der Waals surface area contributed by atoms with Gasteiger partial charge in [-0.1, -0.05) is 13.8 Å². The van der Waals surface area contributed by atoms with Crippen LogP contribution in [-0.4, -0.2) is 59.3 Å². The lowest BCUT2D eigenvalue weighted by atomic mass is 9.90. The lowest BCUT2D eigenvalue weighted by Gasteiger charge is -2.29. The first-order chi connectivity index (χ1) is 18.1. The molecule has 2 N–H and O–H groups in total. The van der Waals surface area contributed by atoms with Crippen molar-refractivity contribution in [2.45, 2.75) is 26.7 Å². The van der Waals surface area contributed by atoms with Gasteiger partial charge in [0, 0.05) is 47.7 Å². The molecular weight excluding hydrogens is 468 g/mol. The Labute approximate surface area is 216 Å². The van der Waals surface area contributed by atoms with Crippen LogP contribution < -0.4 is 15.4 Å². The number of rotatable bonds is 6. The minimum atomic E-state index is -0.820. The van der Waals surface area contributed by atoms with Gasteiger partial charge in [0.05, 0.1) is 42.9 Å². The number of primary amides is 1. The summed E-state index contributed by atoms with van der Waals surface area (Å²) in [6, 6.07) is 11.8. The minimum Gasteiger partial charge on any atom is -0.496 e. The summed E-state index contributed by atoms with van der Waals surface area (Å²) in [4.78, 5) is 32.7. The Balaban J connectivity index is 0.00000156. The number of methoxy groups -OCH3 is 1. The number of morpholine rings is 1. The Morgan fingerprint density at radius 2 is 1.78 bits per heavy atom. The van der Waals surface area contributed by atoms with Crippen molar-refractivity contribution >= 4 is 22.5 Å². The molecule has 1 saturated heterocycles. The van der Waals surface area contributed by atoms with Crippen LogP contribution in [0.5, 0.6) is 5.75 Å². The van der Waals surface area contributed by atoms with E-state index in [4.69, 9.17) is 15.2 Å². The van der Waals surface area contributed by atoms with Gasteiger partial charge in [0.2, 0.25) is 5.91 Å². The summed E-state index contributed by atoms with van der Waals surface area (Å²) < 4.78 is 11.1. The zero-order valence-corrected chi connectivity index (χ0v) is 21.6. The molecular formula is C28H32N6O3. The van der Waals surface area contributed by atoms with E-state index in [-0.39, 0.29) is 0 Å². The molecule has 5 rings (SSSR count). The summed E-state index contributed by atoms with van der Waals surface area (Å²) in [7, 11) is 1.56. The molecule has 0 radical (unpaired) electrons. The van der Waals surface area contributed by atoms with Crippen molar-refractivity contribution in [1.82, 2.24) is 19.9 Å². The summed E-state index contributed by atoms with van der Waals surface area (Å²) in [6.07, 6.45) is 4.70. The van der Waals surface area contributed by atoms with E-state index in [1.807, 2.05) is 38.1 Å². The van der Waals surface area contributed by atoms with E-state index in [1.54, 1.807) is 32.8 Å². The van der Waals surface area contributed by atoms with E-state index in [0.29, 0.717) is 35.9 Å². The standard InChI is InChI=1S/C26H26N6O3.C2H6/c1-16-24(29-8-7-28-16)23(26(27)33)20-13-17(3-6-22(20)34-2)25-19-5-4-18(14-21(19)30-15-31-25)32-9-11-35-12-10-32;1-2/h3-8,13-15,23H,9-12H2,1-2H3,(H2,27,33);1-2H3. The fourth-order valence-corrected chi connectivity index (χ4v) is 4.54. The number of anilines is 1. The van der Waals surface area contributed by atoms with Gasteiger partial charge in [-0.05, 0) is 43.3 Å². The molecule has 1 aliphatic heterocycles. The van der Waals surface area contributed by atoms with Gasteiger partial charge in [-0.2, -0.15) is 0 Å². The van der Waals surface area contributed by atoms with E-state index in [9.17, 15) is 4.79 Å². The zero-order valence-electron chi connectivity index (χ0n) is 21.6. The maximum atomic E-state index is 12.6. The topological polar surface area (TPSA) is 116 Å². The van der Waals surface area contributed by atoms with Crippen molar-refractivity contribution in [3.05, 3.63) is 72.1 Å². The van der Waals surface area contributed by atoms with Crippen LogP contribution in [0.4, 0.5) is 5.69 Å². The van der Waals surface area contributed by atoms with Crippen molar-refractivity contribution < 1.29 is 14.3 Å². The van der Waals surface area contributed by atoms with Gasteiger partial charge in [0.15, 0.2) is 0 Å². The number of benzene rings is 2. The first kappa shape index (κ1) is 26.0. The lowest BCUT2D eigenvalue weighted by molar-refractivity contribution is -0.118. The van der Waals surface area contributed by atoms with Gasteiger partial charge < -0.3 is 20.1 Å². The van der Waals surface area contributed by atoms with Crippen LogP contribution >= 0.6 is 0 Å². The fraction of sp³-hybridized carbons (Fsp3) is 0.321. The Morgan fingerprint density at radius 1 is 1.03 bits per heavy atom. The molecule has 2 aromatic heterocycles. The molecule has 9 heteroatoms. The van der Waals surface area contributed by atoms with Crippen LogP contribution in [0, 0.1) is 6.92 Å². The molecule has 4 aromatic rings. The third-order valence-corrected chi connectivity index (χ3v) is 6.29. The SMILES string of the molecule is CC.COc1ccc(-c2ncnc3cc(N4CCOCC4)ccc23)cc1C(C(N)=O)c1nccnc1C. The Kier molecular flexibility index (Phi) is 8.25. The summed E-state index contributed by atoms with van der Waals surface area (Å²) >= 11 is 0. The molecule has 9 nitrogen and oxygen atoms in total. The van der Waals surface area contributed by atoms with Gasteiger partial charge in [-0.25, -0.2) is 9.97 Å². The molecule has 1 amide bonds. The molecule has 1 aliphatic rings. The van der Waals surface area contributed by atoms with Crippen LogP contribution in [0.2, 0.25) is 0 Å². The van der Waals surface area contributed by atoms with Crippen molar-refractivity contribution in [1.29, 1.82) is 0 Å². The third kappa shape index (κ3) is 5.36. The molecule has 192 valence electrons. The summed E-state index contributed by atoms with van der Waals surface area (Å²) in [6.45, 7) is 8.93. The monoisotopic (exact) mass is 500 g/mol. The van der Waals surface area contributed by atoms with E-state index in [2.05, 4.69) is 37.0 Å². The lowest BCUT2D eigenvalue weighted by Crippen LogP contribution is -2.36. The second kappa shape index (κ2) is 11.7. The highest BCUT2D eigenvalue weighted by molar-refractivity contribution is 5.94. The van der Waals surface area contributed by atoms with Gasteiger partial charge >= 0.3 is 0 Å². The van der Waals surface area contributed by atoms with Crippen molar-refractivity contribution in [3.8, 4) is 17.0 Å². The maximum Gasteiger partial charge on any atom is 0.231 e. The van der Waals surface area contributed by atoms with Gasteiger partial charge in [0.1, 0.15) is 18.0 Å². The number of aryl methyl sites for hydroxylation is 1. The highest BCUT2D eigenvalue weighted by atomic mass is 16.5. The number of carbonyl (C=O) groups excluding carboxylic acids is 1. The molecule has 1 unspecified atom stereocenters. The summed E-state index contributed by atoms with van der Waals surface area (Å²) in [5.74, 6) is -0.818. The normalized spacial score (nSPS) is 14.0. The van der Waals surface area contributed by atoms with Gasteiger partial charge in [0.25, 0.3) is 0 Å². The second-order valence-corrected chi connectivity index (χ2v) is 8.34. The van der Waals surface area contributed by atoms with Crippen molar-refractivity contribution in [3.63, 3.8) is 0 Å². The number of nitrogens with zero attached hydrogens (tertiary/aromatic N) is 5. The minimum absolute atomic E-state index is 0.498. The molecule has 0 spiro atoms. The third-order valence-electron chi connectivity index (χ3n) is 6.29. The highest BCUT2D eigenvalue weighted by Gasteiger charge is 2.28. The fourth-order valence-electron chi connectivity index (χ4n) is 4.54. The largest absolute Gasteiger partial charge is 0.496 e. The number of hydrogen-bond donors (Lipinski definition) is 1. The molecule has 1 fully saturated rings. The number of carbonyl (C=O) groups is 1. The van der Waals surface area contributed by atoms with Crippen molar-refractivity contribution in [2.24, 2.45) is 5.73 Å². The average Bonchev–Trinajstić information content (AvgIpc) is 2.95. The number of hydrogen-bond acceptors (Lipinski definition) is 8. The number of ether oxygens (including phenoxy) is 2. The second-order valence-electron chi connectivity index (χ2n) is 8.34. The van der Waals surface area contributed by atoms with Crippen LogP contribution in [0.3, 0.4) is 0 Å². The van der Waals surface area contributed by atoms with E-state index in [0.717, 1.165) is 40.9 Å². The van der Waals surface area contributed by atoms with Crippen molar-refractivity contribution in [2.75, 3.05) is 38.3 Å². The summed E-state index contributed by atoms with van der Waals surface area (Å²) in [5, 5.41) is 0.909. The van der Waals surface area contributed by atoms with Crippen LogP contribution in [-0.2, 0) is 9.53 Å². The Bertz CT molecular complexity index is 1390. The number of aromatic nitrogens is 4. The Morgan fingerprint density at radius 3 is 2.49 bits per heavy atom. The molecule has 0 bridgehead atoms. The molecule has 3 heterocycles. The first-order valence-corrected chi connectivity index (χ1v) is 12.4. The highest BCUT2D eigenvalue weighted by Crippen LogP contribution is 2.37. The van der Waals surface area contributed by atoms with E-state index >= 15 is 0 Å². The average molecular weight is 501 g/mol. The number of nitrogens with two attached hydrogens (primary N) is 1. The molecule has 2 aromatic carbocycles. The zero-order chi connectivity index (χ0) is 26.4. The predicted octanol–water partition coefficient (Wildman–Crippen LogP) is 3.88. The van der Waals surface area contributed by atoms with E-state index < -0.39 is 11.8 Å². The predicted molar refractivity (Wildman–Crippen MR) is 144 cm³/mol. The quantitative estimate of drug-likeness (QED) is 0.424. The van der Waals surface area contributed by atoms with Gasteiger partial charge in [-0.15, -0.1) is 0 Å². The molecule has 1 atom stereocenters.